The molecule has 1 aliphatic heterocycles. The van der Waals surface area contributed by atoms with E-state index in [4.69, 9.17) is 0 Å². The summed E-state index contributed by atoms with van der Waals surface area (Å²) in [6.07, 6.45) is 19.1. The van der Waals surface area contributed by atoms with Gasteiger partial charge in [-0.15, -0.1) is 0 Å². The molecule has 1 aromatic rings. The zero-order valence-electron chi connectivity index (χ0n) is 22.6. The number of carbonyl (C=O) groups is 2. The lowest BCUT2D eigenvalue weighted by Gasteiger charge is -2.31. The van der Waals surface area contributed by atoms with E-state index in [2.05, 4.69) is 44.4 Å². The molecule has 0 unspecified atom stereocenters. The van der Waals surface area contributed by atoms with E-state index < -0.39 is 0 Å². The van der Waals surface area contributed by atoms with E-state index in [-0.39, 0.29) is 24.2 Å². The predicted octanol–water partition coefficient (Wildman–Crippen LogP) is 4.27. The molecule has 0 N–H and O–H groups in total. The van der Waals surface area contributed by atoms with E-state index in [0.717, 1.165) is 49.7 Å². The average molecular weight is 507 g/mol. The molecule has 200 valence electrons. The molecular weight excluding hydrogens is 456 g/mol. The van der Waals surface area contributed by atoms with Gasteiger partial charge in [0.15, 0.2) is 0 Å². The molecule has 1 fully saturated rings. The first kappa shape index (κ1) is 31.6. The summed E-state index contributed by atoms with van der Waals surface area (Å²) in [7, 11) is 4.47. The second-order valence-corrected chi connectivity index (χ2v) is 11.0. The lowest BCUT2D eigenvalue weighted by Crippen LogP contribution is -3.00. The van der Waals surface area contributed by atoms with E-state index in [9.17, 15) is 9.59 Å². The highest BCUT2D eigenvalue weighted by molar-refractivity contribution is 5.95. The first-order valence-corrected chi connectivity index (χ1v) is 14.2. The first-order chi connectivity index (χ1) is 16.5. The summed E-state index contributed by atoms with van der Waals surface area (Å²) in [6, 6.07) is 10.6. The van der Waals surface area contributed by atoms with Crippen molar-refractivity contribution in [3.63, 3.8) is 0 Å². The molecule has 0 spiro atoms. The van der Waals surface area contributed by atoms with Crippen LogP contribution in [0.2, 0.25) is 0 Å². The molecular formula is C30H51ClN2O2. The Hall–Kier alpha value is -1.39. The van der Waals surface area contributed by atoms with Crippen molar-refractivity contribution >= 4 is 11.8 Å². The number of hydrogen-bond acceptors (Lipinski definition) is 2. The number of benzene rings is 1. The number of nitrogens with zero attached hydrogens (tertiary/aromatic N) is 2. The fourth-order valence-electron chi connectivity index (χ4n) is 5.15. The zero-order chi connectivity index (χ0) is 24.5. The second kappa shape index (κ2) is 18.8. The average Bonchev–Trinajstić information content (AvgIpc) is 2.81. The first-order valence-electron chi connectivity index (χ1n) is 14.2. The van der Waals surface area contributed by atoms with Crippen molar-refractivity contribution in [2.75, 3.05) is 27.2 Å². The van der Waals surface area contributed by atoms with Gasteiger partial charge in [0.25, 0.3) is 0 Å². The van der Waals surface area contributed by atoms with Crippen molar-refractivity contribution in [1.82, 2.24) is 4.90 Å². The van der Waals surface area contributed by atoms with Crippen LogP contribution < -0.4 is 12.4 Å². The molecule has 5 heteroatoms. The van der Waals surface area contributed by atoms with Gasteiger partial charge in [0.2, 0.25) is 11.8 Å². The molecule has 0 atom stereocenters. The number of hydrogen-bond donors (Lipinski definition) is 0. The largest absolute Gasteiger partial charge is 1.00 e. The number of amides is 2. The quantitative estimate of drug-likeness (QED) is 0.427. The molecule has 1 saturated heterocycles. The number of quaternary nitrogens is 1. The summed E-state index contributed by atoms with van der Waals surface area (Å²) in [5.74, 6) is 0.104. The Morgan fingerprint density at radius 1 is 0.657 bits per heavy atom. The molecule has 35 heavy (non-hydrogen) atoms. The lowest BCUT2D eigenvalue weighted by atomic mass is 10.0. The Labute approximate surface area is 221 Å². The highest BCUT2D eigenvalue weighted by atomic mass is 35.5. The fraction of sp³-hybridized carbons (Fsp3) is 0.733. The van der Waals surface area contributed by atoms with Crippen LogP contribution in [0.15, 0.2) is 30.3 Å². The van der Waals surface area contributed by atoms with Crippen LogP contribution in [0, 0.1) is 0 Å². The van der Waals surface area contributed by atoms with Gasteiger partial charge in [-0.25, -0.2) is 0 Å². The normalized spacial score (nSPS) is 18.7. The Balaban J connectivity index is 0.00000612. The minimum absolute atomic E-state index is 0. The maximum Gasteiger partial charge on any atom is 0.229 e. The van der Waals surface area contributed by atoms with Crippen molar-refractivity contribution in [1.29, 1.82) is 0 Å². The molecule has 4 nitrogen and oxygen atoms in total. The van der Waals surface area contributed by atoms with E-state index in [1.165, 1.54) is 69.8 Å². The maximum atomic E-state index is 13.0. The van der Waals surface area contributed by atoms with Gasteiger partial charge in [-0.05, 0) is 12.8 Å². The van der Waals surface area contributed by atoms with E-state index in [1.54, 1.807) is 4.90 Å². The molecule has 2 amide bonds. The van der Waals surface area contributed by atoms with Gasteiger partial charge in [-0.1, -0.05) is 107 Å². The fourth-order valence-corrected chi connectivity index (χ4v) is 5.15. The lowest BCUT2D eigenvalue weighted by molar-refractivity contribution is -0.903. The van der Waals surface area contributed by atoms with Gasteiger partial charge in [0.05, 0.1) is 20.6 Å². The van der Waals surface area contributed by atoms with Crippen LogP contribution >= 0.6 is 0 Å². The van der Waals surface area contributed by atoms with Gasteiger partial charge < -0.3 is 16.9 Å². The van der Waals surface area contributed by atoms with Crippen LogP contribution in [0.3, 0.4) is 0 Å². The SMILES string of the molecule is C[N+](C)(CCCN1C(=O)CCCCCCCCCCCCCCCCC1=O)Cc1ccccc1.[Cl-]. The summed E-state index contributed by atoms with van der Waals surface area (Å²) < 4.78 is 0.861. The maximum absolute atomic E-state index is 13.0. The molecule has 2 rings (SSSR count). The van der Waals surface area contributed by atoms with Crippen LogP contribution in [0.25, 0.3) is 0 Å². The summed E-state index contributed by atoms with van der Waals surface area (Å²) >= 11 is 0. The van der Waals surface area contributed by atoms with Crippen LogP contribution in [0.1, 0.15) is 115 Å². The number of imide groups is 1. The molecule has 1 aromatic carbocycles. The molecule has 0 aliphatic carbocycles. The summed E-state index contributed by atoms with van der Waals surface area (Å²) in [4.78, 5) is 27.6. The Kier molecular flexibility index (Phi) is 17.0. The molecule has 0 aromatic heterocycles. The van der Waals surface area contributed by atoms with Crippen molar-refractivity contribution < 1.29 is 26.5 Å². The van der Waals surface area contributed by atoms with Crippen molar-refractivity contribution in [3.8, 4) is 0 Å². The minimum Gasteiger partial charge on any atom is -1.00 e. The topological polar surface area (TPSA) is 37.4 Å². The Morgan fingerprint density at radius 2 is 1.06 bits per heavy atom. The third-order valence-electron chi connectivity index (χ3n) is 7.23. The third-order valence-corrected chi connectivity index (χ3v) is 7.23. The van der Waals surface area contributed by atoms with Crippen LogP contribution in [0.4, 0.5) is 0 Å². The predicted molar refractivity (Wildman–Crippen MR) is 142 cm³/mol. The number of rotatable bonds is 6. The summed E-state index contributed by atoms with van der Waals surface area (Å²) in [5, 5.41) is 0. The smallest absolute Gasteiger partial charge is 0.229 e. The van der Waals surface area contributed by atoms with Crippen LogP contribution in [-0.4, -0.2) is 48.4 Å². The highest BCUT2D eigenvalue weighted by Crippen LogP contribution is 2.16. The standard InChI is InChI=1S/C30H51N2O2.ClH/c1-32(2,27-28-21-16-15-17-22-28)26-20-25-31-29(33)23-18-13-11-9-7-5-3-4-6-8-10-12-14-19-24-30(31)34;/h15-17,21-22H,3-14,18-20,23-27H2,1-2H3;1H/q+1;/p-1. The molecule has 0 saturated carbocycles. The van der Waals surface area contributed by atoms with Gasteiger partial charge in [0.1, 0.15) is 6.54 Å². The van der Waals surface area contributed by atoms with Crippen molar-refractivity contribution in [3.05, 3.63) is 35.9 Å². The minimum atomic E-state index is 0. The van der Waals surface area contributed by atoms with E-state index in [0.29, 0.717) is 19.4 Å². The van der Waals surface area contributed by atoms with E-state index >= 15 is 0 Å². The Morgan fingerprint density at radius 3 is 1.49 bits per heavy atom. The zero-order valence-corrected chi connectivity index (χ0v) is 23.4. The summed E-state index contributed by atoms with van der Waals surface area (Å²) in [6.45, 7) is 2.48. The molecule has 0 radical (unpaired) electrons. The second-order valence-electron chi connectivity index (χ2n) is 11.0. The Bertz CT molecular complexity index is 663. The van der Waals surface area contributed by atoms with Crippen LogP contribution in [-0.2, 0) is 16.1 Å². The number of halogens is 1. The molecule has 1 heterocycles. The highest BCUT2D eigenvalue weighted by Gasteiger charge is 2.22. The molecule has 1 aliphatic rings. The van der Waals surface area contributed by atoms with Gasteiger partial charge in [-0.2, -0.15) is 0 Å². The third kappa shape index (κ3) is 14.7. The van der Waals surface area contributed by atoms with Crippen molar-refractivity contribution in [2.45, 2.75) is 116 Å². The van der Waals surface area contributed by atoms with Gasteiger partial charge >= 0.3 is 0 Å². The number of carbonyl (C=O) groups excluding carboxylic acids is 2. The van der Waals surface area contributed by atoms with Gasteiger partial charge in [-0.3, -0.25) is 14.5 Å². The summed E-state index contributed by atoms with van der Waals surface area (Å²) in [5.41, 5.74) is 1.33. The monoisotopic (exact) mass is 506 g/mol. The van der Waals surface area contributed by atoms with Crippen molar-refractivity contribution in [2.24, 2.45) is 0 Å². The van der Waals surface area contributed by atoms with Gasteiger partial charge in [0, 0.05) is 31.4 Å². The van der Waals surface area contributed by atoms with Crippen LogP contribution in [0.5, 0.6) is 0 Å². The van der Waals surface area contributed by atoms with E-state index in [1.807, 2.05) is 0 Å². The molecule has 0 bridgehead atoms.